The minimum atomic E-state index is -3.16. The quantitative estimate of drug-likeness (QED) is 0.684. The Balaban J connectivity index is 1.70. The van der Waals surface area contributed by atoms with E-state index in [0.717, 1.165) is 11.3 Å². The van der Waals surface area contributed by atoms with Crippen LogP contribution in [0.25, 0.3) is 0 Å². The van der Waals surface area contributed by atoms with Gasteiger partial charge in [-0.3, -0.25) is 14.5 Å². The molecule has 1 N–H and O–H groups in total. The van der Waals surface area contributed by atoms with Crippen LogP contribution in [0.1, 0.15) is 15.9 Å². The van der Waals surface area contributed by atoms with Crippen LogP contribution in [0.15, 0.2) is 54.6 Å². The molecule has 9 heteroatoms. The number of ether oxygens (including phenoxy) is 1. The van der Waals surface area contributed by atoms with E-state index < -0.39 is 24.7 Å². The molecule has 0 bridgehead atoms. The summed E-state index contributed by atoms with van der Waals surface area (Å²) in [5, 5.41) is 1.89. The molecule has 0 aliphatic carbocycles. The van der Waals surface area contributed by atoms with Crippen molar-refractivity contribution in [1.29, 1.82) is 0 Å². The first-order valence-electron chi connectivity index (χ1n) is 9.83. The molecule has 0 unspecified atom stereocenters. The Bertz CT molecular complexity index is 901. The van der Waals surface area contributed by atoms with Crippen LogP contribution in [0.5, 0.6) is 0 Å². The molecular formula is C22H23F2N3O4. The molecule has 0 radical (unpaired) electrons. The third-order valence-electron chi connectivity index (χ3n) is 4.82. The van der Waals surface area contributed by atoms with E-state index in [4.69, 9.17) is 4.74 Å². The maximum atomic E-state index is 13.1. The molecule has 3 rings (SSSR count). The number of benzene rings is 2. The second kappa shape index (κ2) is 10.6. The number of carbonyl (C=O) groups is 3. The number of ketones is 1. The van der Waals surface area contributed by atoms with Gasteiger partial charge >= 0.3 is 12.5 Å². The van der Waals surface area contributed by atoms with E-state index >= 15 is 0 Å². The number of morpholine rings is 1. The molecule has 1 saturated heterocycles. The Morgan fingerprint density at radius 1 is 1.00 bits per heavy atom. The second-order valence-corrected chi connectivity index (χ2v) is 6.94. The van der Waals surface area contributed by atoms with Crippen molar-refractivity contribution in [2.75, 3.05) is 37.7 Å². The van der Waals surface area contributed by atoms with Gasteiger partial charge in [-0.25, -0.2) is 4.79 Å². The van der Waals surface area contributed by atoms with Gasteiger partial charge in [0.1, 0.15) is 0 Å². The predicted octanol–water partition coefficient (Wildman–Crippen LogP) is 2.71. The molecular weight excluding hydrogens is 408 g/mol. The molecule has 1 fully saturated rings. The highest BCUT2D eigenvalue weighted by atomic mass is 19.3. The molecule has 164 valence electrons. The van der Waals surface area contributed by atoms with Crippen molar-refractivity contribution in [3.05, 3.63) is 65.7 Å². The van der Waals surface area contributed by atoms with E-state index in [0.29, 0.717) is 26.3 Å². The van der Waals surface area contributed by atoms with E-state index in [1.54, 1.807) is 34.1 Å². The van der Waals surface area contributed by atoms with Gasteiger partial charge in [-0.1, -0.05) is 42.5 Å². The summed E-state index contributed by atoms with van der Waals surface area (Å²) < 4.78 is 29.8. The van der Waals surface area contributed by atoms with Gasteiger partial charge in [0, 0.05) is 24.3 Å². The Morgan fingerprint density at radius 3 is 2.26 bits per heavy atom. The van der Waals surface area contributed by atoms with E-state index in [1.165, 1.54) is 0 Å². The normalized spacial score (nSPS) is 13.7. The number of anilines is 1. The van der Waals surface area contributed by atoms with Crippen LogP contribution >= 0.6 is 0 Å². The van der Waals surface area contributed by atoms with Crippen LogP contribution in [0.3, 0.4) is 0 Å². The molecule has 3 amide bonds. The lowest BCUT2D eigenvalue weighted by Gasteiger charge is -2.33. The standard InChI is InChI=1S/C22H23F2N3O4/c23-20(24)21(29)25-14-19(28)17-8-6-16(7-9-17)15-27(18-4-2-1-3-5-18)22(30)26-10-12-31-13-11-26/h1-9,20H,10-15H2,(H,25,29). The largest absolute Gasteiger partial charge is 0.378 e. The van der Waals surface area contributed by atoms with Gasteiger partial charge in [0.2, 0.25) is 0 Å². The topological polar surface area (TPSA) is 79.0 Å². The van der Waals surface area contributed by atoms with Gasteiger partial charge in [-0.15, -0.1) is 0 Å². The number of halogens is 2. The third-order valence-corrected chi connectivity index (χ3v) is 4.82. The number of hydrogen-bond donors (Lipinski definition) is 1. The van der Waals surface area contributed by atoms with E-state index in [-0.39, 0.29) is 18.1 Å². The number of nitrogens with zero attached hydrogens (tertiary/aromatic N) is 2. The lowest BCUT2D eigenvalue weighted by Crippen LogP contribution is -2.48. The molecule has 0 atom stereocenters. The Hall–Kier alpha value is -3.33. The van der Waals surface area contributed by atoms with Gasteiger partial charge in [0.25, 0.3) is 5.91 Å². The third kappa shape index (κ3) is 6.08. The average molecular weight is 431 g/mol. The molecule has 31 heavy (non-hydrogen) atoms. The first kappa shape index (κ1) is 22.4. The number of rotatable bonds is 7. The van der Waals surface area contributed by atoms with E-state index in [2.05, 4.69) is 0 Å². The summed E-state index contributed by atoms with van der Waals surface area (Å²) in [6.45, 7) is 1.80. The summed E-state index contributed by atoms with van der Waals surface area (Å²) in [6, 6.07) is 15.6. The summed E-state index contributed by atoms with van der Waals surface area (Å²) in [4.78, 5) is 39.5. The fourth-order valence-corrected chi connectivity index (χ4v) is 3.13. The highest BCUT2D eigenvalue weighted by Gasteiger charge is 2.24. The Morgan fingerprint density at radius 2 is 1.65 bits per heavy atom. The van der Waals surface area contributed by atoms with Crippen LogP contribution in [0.2, 0.25) is 0 Å². The van der Waals surface area contributed by atoms with E-state index in [1.807, 2.05) is 35.6 Å². The fourth-order valence-electron chi connectivity index (χ4n) is 3.13. The first-order chi connectivity index (χ1) is 15.0. The number of Topliss-reactive ketones (excluding diaryl/α,β-unsaturated/α-hetero) is 1. The van der Waals surface area contributed by atoms with Gasteiger partial charge < -0.3 is 15.0 Å². The number of urea groups is 1. The van der Waals surface area contributed by atoms with Crippen molar-refractivity contribution in [1.82, 2.24) is 10.2 Å². The summed E-state index contributed by atoms with van der Waals surface area (Å²) >= 11 is 0. The van der Waals surface area contributed by atoms with Crippen LogP contribution in [0.4, 0.5) is 19.3 Å². The number of nitrogens with one attached hydrogen (secondary N) is 1. The number of alkyl halides is 2. The van der Waals surface area contributed by atoms with Crippen molar-refractivity contribution in [2.24, 2.45) is 0 Å². The smallest absolute Gasteiger partial charge is 0.324 e. The molecule has 0 spiro atoms. The fraction of sp³-hybridized carbons (Fsp3) is 0.318. The summed E-state index contributed by atoms with van der Waals surface area (Å²) in [5.41, 5.74) is 1.82. The van der Waals surface area contributed by atoms with Crippen molar-refractivity contribution < 1.29 is 27.9 Å². The molecule has 0 saturated carbocycles. The number of amides is 3. The van der Waals surface area contributed by atoms with Crippen LogP contribution in [-0.4, -0.2) is 61.9 Å². The van der Waals surface area contributed by atoms with Crippen molar-refractivity contribution >= 4 is 23.4 Å². The highest BCUT2D eigenvalue weighted by Crippen LogP contribution is 2.20. The summed E-state index contributed by atoms with van der Waals surface area (Å²) in [6.07, 6.45) is -3.16. The molecule has 1 heterocycles. The van der Waals surface area contributed by atoms with Gasteiger partial charge in [-0.2, -0.15) is 8.78 Å². The monoisotopic (exact) mass is 431 g/mol. The maximum absolute atomic E-state index is 13.1. The van der Waals surface area contributed by atoms with Crippen molar-refractivity contribution in [2.45, 2.75) is 13.0 Å². The lowest BCUT2D eigenvalue weighted by molar-refractivity contribution is -0.131. The zero-order valence-corrected chi connectivity index (χ0v) is 16.8. The van der Waals surface area contributed by atoms with Crippen molar-refractivity contribution in [3.63, 3.8) is 0 Å². The molecule has 2 aromatic carbocycles. The highest BCUT2D eigenvalue weighted by molar-refractivity contribution is 5.99. The molecule has 0 aromatic heterocycles. The zero-order chi connectivity index (χ0) is 22.2. The molecule has 1 aliphatic heterocycles. The number of para-hydroxylation sites is 1. The van der Waals surface area contributed by atoms with Crippen LogP contribution < -0.4 is 10.2 Å². The minimum absolute atomic E-state index is 0.135. The minimum Gasteiger partial charge on any atom is -0.378 e. The number of carbonyl (C=O) groups excluding carboxylic acids is 3. The Kier molecular flexibility index (Phi) is 7.66. The maximum Gasteiger partial charge on any atom is 0.324 e. The zero-order valence-electron chi connectivity index (χ0n) is 16.8. The van der Waals surface area contributed by atoms with E-state index in [9.17, 15) is 23.2 Å². The van der Waals surface area contributed by atoms with Crippen molar-refractivity contribution in [3.8, 4) is 0 Å². The van der Waals surface area contributed by atoms with Crippen LogP contribution in [0, 0.1) is 0 Å². The molecule has 2 aromatic rings. The van der Waals surface area contributed by atoms with Crippen LogP contribution in [-0.2, 0) is 16.1 Å². The second-order valence-electron chi connectivity index (χ2n) is 6.94. The molecule has 1 aliphatic rings. The molecule has 7 nitrogen and oxygen atoms in total. The lowest BCUT2D eigenvalue weighted by atomic mass is 10.1. The average Bonchev–Trinajstić information content (AvgIpc) is 2.81. The Labute approximate surface area is 178 Å². The predicted molar refractivity (Wildman–Crippen MR) is 110 cm³/mol. The van der Waals surface area contributed by atoms with Gasteiger partial charge in [-0.05, 0) is 17.7 Å². The van der Waals surface area contributed by atoms with Gasteiger partial charge in [0.15, 0.2) is 5.78 Å². The van der Waals surface area contributed by atoms with Gasteiger partial charge in [0.05, 0.1) is 26.3 Å². The first-order valence-corrected chi connectivity index (χ1v) is 9.83. The summed E-state index contributed by atoms with van der Waals surface area (Å²) in [7, 11) is 0. The number of hydrogen-bond acceptors (Lipinski definition) is 4. The SMILES string of the molecule is O=C(CNC(=O)C(F)F)c1ccc(CN(C(=O)N2CCOCC2)c2ccccc2)cc1. The summed E-state index contributed by atoms with van der Waals surface area (Å²) in [5.74, 6) is -1.96.